The molecular formula is C15H25NO. The van der Waals surface area contributed by atoms with Crippen molar-refractivity contribution in [2.24, 2.45) is 17.3 Å². The molecule has 2 atom stereocenters. The minimum atomic E-state index is -0.602. The van der Waals surface area contributed by atoms with Gasteiger partial charge in [0.2, 0.25) is 0 Å². The van der Waals surface area contributed by atoms with E-state index >= 15 is 0 Å². The van der Waals surface area contributed by atoms with Gasteiger partial charge in [-0.15, -0.1) is 0 Å². The zero-order chi connectivity index (χ0) is 12.5. The maximum Gasteiger partial charge on any atom is 0.0693 e. The monoisotopic (exact) mass is 235 g/mol. The van der Waals surface area contributed by atoms with Crippen LogP contribution in [0.3, 0.4) is 0 Å². The van der Waals surface area contributed by atoms with Crippen LogP contribution in [0.15, 0.2) is 0 Å². The highest BCUT2D eigenvalue weighted by Gasteiger charge is 2.51. The molecule has 0 spiro atoms. The van der Waals surface area contributed by atoms with Gasteiger partial charge in [-0.2, -0.15) is 5.26 Å². The van der Waals surface area contributed by atoms with E-state index in [2.05, 4.69) is 13.0 Å². The fourth-order valence-corrected chi connectivity index (χ4v) is 4.16. The molecule has 0 aromatic heterocycles. The van der Waals surface area contributed by atoms with Crippen LogP contribution in [0.4, 0.5) is 0 Å². The van der Waals surface area contributed by atoms with Gasteiger partial charge in [0.25, 0.3) is 0 Å². The molecule has 2 fully saturated rings. The Morgan fingerprint density at radius 2 is 1.88 bits per heavy atom. The molecule has 2 heteroatoms. The van der Waals surface area contributed by atoms with Crippen molar-refractivity contribution in [1.82, 2.24) is 0 Å². The van der Waals surface area contributed by atoms with Crippen LogP contribution in [0.1, 0.15) is 65.2 Å². The van der Waals surface area contributed by atoms with Crippen molar-refractivity contribution < 1.29 is 5.11 Å². The van der Waals surface area contributed by atoms with E-state index in [9.17, 15) is 10.4 Å². The van der Waals surface area contributed by atoms with Gasteiger partial charge >= 0.3 is 0 Å². The summed E-state index contributed by atoms with van der Waals surface area (Å²) in [5, 5.41) is 20.1. The molecule has 2 saturated carbocycles. The van der Waals surface area contributed by atoms with E-state index in [4.69, 9.17) is 0 Å². The second-order valence-electron chi connectivity index (χ2n) is 6.42. The topological polar surface area (TPSA) is 44.0 Å². The molecule has 0 saturated heterocycles. The molecule has 2 unspecified atom stereocenters. The Hall–Kier alpha value is -0.550. The van der Waals surface area contributed by atoms with Crippen LogP contribution in [0.25, 0.3) is 0 Å². The van der Waals surface area contributed by atoms with Crippen LogP contribution in [0.2, 0.25) is 0 Å². The molecule has 2 aliphatic rings. The van der Waals surface area contributed by atoms with Gasteiger partial charge in [0, 0.05) is 5.92 Å². The van der Waals surface area contributed by atoms with Crippen LogP contribution in [0, 0.1) is 28.6 Å². The second kappa shape index (κ2) is 4.61. The van der Waals surface area contributed by atoms with Crippen LogP contribution < -0.4 is 0 Å². The highest BCUT2D eigenvalue weighted by molar-refractivity contribution is 5.11. The third kappa shape index (κ3) is 2.22. The zero-order valence-corrected chi connectivity index (χ0v) is 11.2. The maximum atomic E-state index is 10.5. The maximum absolute atomic E-state index is 10.5. The lowest BCUT2D eigenvalue weighted by molar-refractivity contribution is -0.0390. The highest BCUT2D eigenvalue weighted by Crippen LogP contribution is 2.53. The summed E-state index contributed by atoms with van der Waals surface area (Å²) in [6, 6.07) is 2.60. The number of rotatable bonds is 2. The number of nitriles is 1. The molecule has 0 aromatic rings. The van der Waals surface area contributed by atoms with Gasteiger partial charge in [-0.1, -0.05) is 19.8 Å². The van der Waals surface area contributed by atoms with E-state index in [1.807, 2.05) is 6.92 Å². The molecule has 17 heavy (non-hydrogen) atoms. The van der Waals surface area contributed by atoms with Gasteiger partial charge in [0.1, 0.15) is 0 Å². The molecule has 1 N–H and O–H groups in total. The lowest BCUT2D eigenvalue weighted by Crippen LogP contribution is -2.43. The Kier molecular flexibility index (Phi) is 3.50. The Morgan fingerprint density at radius 3 is 2.29 bits per heavy atom. The molecule has 96 valence electrons. The lowest BCUT2D eigenvalue weighted by atomic mass is 9.60. The Balaban J connectivity index is 2.14. The van der Waals surface area contributed by atoms with Crippen molar-refractivity contribution >= 4 is 0 Å². The van der Waals surface area contributed by atoms with Crippen molar-refractivity contribution in [3.63, 3.8) is 0 Å². The summed E-state index contributed by atoms with van der Waals surface area (Å²) >= 11 is 0. The summed E-state index contributed by atoms with van der Waals surface area (Å²) in [5.74, 6) is 1.01. The Bertz CT molecular complexity index is 307. The van der Waals surface area contributed by atoms with Gasteiger partial charge in [-0.3, -0.25) is 0 Å². The fourth-order valence-electron chi connectivity index (χ4n) is 4.16. The average molecular weight is 235 g/mol. The normalized spacial score (nSPS) is 46.7. The summed E-state index contributed by atoms with van der Waals surface area (Å²) in [6.07, 6.45) is 8.59. The molecule has 0 aliphatic heterocycles. The smallest absolute Gasteiger partial charge is 0.0693 e. The van der Waals surface area contributed by atoms with E-state index in [1.54, 1.807) is 0 Å². The minimum absolute atomic E-state index is 0.206. The summed E-state index contributed by atoms with van der Waals surface area (Å²) in [4.78, 5) is 0. The predicted molar refractivity (Wildman–Crippen MR) is 68.3 cm³/mol. The highest BCUT2D eigenvalue weighted by atomic mass is 16.3. The molecule has 0 radical (unpaired) electrons. The number of hydrogen-bond donors (Lipinski definition) is 1. The average Bonchev–Trinajstić information content (AvgIpc) is 2.70. The molecule has 0 heterocycles. The first-order valence-corrected chi connectivity index (χ1v) is 7.18. The molecule has 0 amide bonds. The fraction of sp³-hybridized carbons (Fsp3) is 0.933. The van der Waals surface area contributed by atoms with E-state index in [0.717, 1.165) is 38.0 Å². The Labute approximate surface area is 105 Å². The van der Waals surface area contributed by atoms with Gasteiger partial charge < -0.3 is 5.11 Å². The third-order valence-corrected chi connectivity index (χ3v) is 5.39. The van der Waals surface area contributed by atoms with E-state index in [0.29, 0.717) is 0 Å². The first-order chi connectivity index (χ1) is 8.04. The van der Waals surface area contributed by atoms with Crippen molar-refractivity contribution in [1.29, 1.82) is 5.26 Å². The summed E-state index contributed by atoms with van der Waals surface area (Å²) < 4.78 is 0. The van der Waals surface area contributed by atoms with Crippen LogP contribution in [-0.4, -0.2) is 10.7 Å². The predicted octanol–water partition coefficient (Wildman–Crippen LogP) is 3.65. The summed E-state index contributed by atoms with van der Waals surface area (Å²) in [7, 11) is 0. The summed E-state index contributed by atoms with van der Waals surface area (Å²) in [6.45, 7) is 4.19. The quantitative estimate of drug-likeness (QED) is 0.794. The van der Waals surface area contributed by atoms with Gasteiger partial charge in [0.15, 0.2) is 0 Å². The van der Waals surface area contributed by atoms with Gasteiger partial charge in [-0.25, -0.2) is 0 Å². The molecule has 0 bridgehead atoms. The van der Waals surface area contributed by atoms with Crippen molar-refractivity contribution in [3.05, 3.63) is 0 Å². The Morgan fingerprint density at radius 1 is 1.24 bits per heavy atom. The van der Waals surface area contributed by atoms with Crippen LogP contribution in [-0.2, 0) is 0 Å². The standard InChI is InChI=1S/C15H25NO/c1-3-12-6-9-15(11-16,10-7-12)13-5-4-8-14(13,2)17/h12-13,17H,3-10H2,1-2H3. The number of nitrogens with zero attached hydrogens (tertiary/aromatic N) is 1. The van der Waals surface area contributed by atoms with E-state index < -0.39 is 5.60 Å². The van der Waals surface area contributed by atoms with Gasteiger partial charge in [-0.05, 0) is 51.4 Å². The first kappa shape index (κ1) is 12.9. The first-order valence-electron chi connectivity index (χ1n) is 7.18. The second-order valence-corrected chi connectivity index (χ2v) is 6.42. The third-order valence-electron chi connectivity index (χ3n) is 5.39. The van der Waals surface area contributed by atoms with Crippen LogP contribution >= 0.6 is 0 Å². The van der Waals surface area contributed by atoms with E-state index in [-0.39, 0.29) is 11.3 Å². The van der Waals surface area contributed by atoms with E-state index in [1.165, 1.54) is 19.3 Å². The molecule has 2 nitrogen and oxygen atoms in total. The van der Waals surface area contributed by atoms with Crippen molar-refractivity contribution in [2.45, 2.75) is 70.8 Å². The molecule has 2 rings (SSSR count). The SMILES string of the molecule is CCC1CCC(C#N)(C2CCCC2(C)O)CC1. The van der Waals surface area contributed by atoms with Crippen LogP contribution in [0.5, 0.6) is 0 Å². The lowest BCUT2D eigenvalue weighted by Gasteiger charge is -2.43. The molecular weight excluding hydrogens is 210 g/mol. The largest absolute Gasteiger partial charge is 0.390 e. The molecule has 2 aliphatic carbocycles. The van der Waals surface area contributed by atoms with Crippen molar-refractivity contribution in [2.75, 3.05) is 0 Å². The van der Waals surface area contributed by atoms with Crippen molar-refractivity contribution in [3.8, 4) is 6.07 Å². The number of hydrogen-bond acceptors (Lipinski definition) is 2. The molecule has 0 aromatic carbocycles. The number of aliphatic hydroxyl groups is 1. The van der Waals surface area contributed by atoms with Gasteiger partial charge in [0.05, 0.1) is 17.1 Å². The minimum Gasteiger partial charge on any atom is -0.390 e. The zero-order valence-electron chi connectivity index (χ0n) is 11.2. The summed E-state index contributed by atoms with van der Waals surface area (Å²) in [5.41, 5.74) is -0.833.